The Labute approximate surface area is 114 Å². The molecule has 2 N–H and O–H groups in total. The van der Waals surface area contributed by atoms with E-state index in [1.807, 2.05) is 31.2 Å². The molecule has 2 heterocycles. The maximum absolute atomic E-state index is 4.50. The maximum Gasteiger partial charge on any atom is 0.172 e. The minimum absolute atomic E-state index is 0.781. The zero-order valence-corrected chi connectivity index (χ0v) is 11.2. The number of nitrogens with zero attached hydrogens (tertiary/aromatic N) is 3. The summed E-state index contributed by atoms with van der Waals surface area (Å²) in [6, 6.07) is 7.95. The SMILES string of the molecule is CCNc1cncc(Sc2nc3ccccc3[nH]2)n1. The lowest BCUT2D eigenvalue weighted by Crippen LogP contribution is -2.00. The minimum Gasteiger partial charge on any atom is -0.369 e. The molecular weight excluding hydrogens is 258 g/mol. The van der Waals surface area contributed by atoms with Crippen LogP contribution in [0.4, 0.5) is 5.82 Å². The number of hydrogen-bond acceptors (Lipinski definition) is 5. The highest BCUT2D eigenvalue weighted by Crippen LogP contribution is 2.25. The van der Waals surface area contributed by atoms with Crippen LogP contribution < -0.4 is 5.32 Å². The van der Waals surface area contributed by atoms with E-state index in [1.165, 1.54) is 11.8 Å². The number of benzene rings is 1. The zero-order valence-electron chi connectivity index (χ0n) is 10.4. The van der Waals surface area contributed by atoms with Gasteiger partial charge in [0, 0.05) is 6.54 Å². The van der Waals surface area contributed by atoms with Gasteiger partial charge in [0.2, 0.25) is 0 Å². The van der Waals surface area contributed by atoms with Gasteiger partial charge < -0.3 is 10.3 Å². The Hall–Kier alpha value is -2.08. The summed E-state index contributed by atoms with van der Waals surface area (Å²) in [7, 11) is 0. The van der Waals surface area contributed by atoms with Gasteiger partial charge in [0.25, 0.3) is 0 Å². The average Bonchev–Trinajstić information content (AvgIpc) is 2.81. The first-order valence-corrected chi connectivity index (χ1v) is 6.85. The van der Waals surface area contributed by atoms with Crippen molar-refractivity contribution in [2.45, 2.75) is 17.1 Å². The Balaban J connectivity index is 1.85. The van der Waals surface area contributed by atoms with Crippen LogP contribution in [0.15, 0.2) is 46.8 Å². The van der Waals surface area contributed by atoms with E-state index in [2.05, 4.69) is 25.3 Å². The standard InChI is InChI=1S/C13H13N5S/c1-2-15-11-7-14-8-12(18-11)19-13-16-9-5-3-4-6-10(9)17-13/h3-8H,2H2,1H3,(H,15,18)(H,16,17). The monoisotopic (exact) mass is 271 g/mol. The summed E-state index contributed by atoms with van der Waals surface area (Å²) in [6.07, 6.45) is 3.45. The zero-order chi connectivity index (χ0) is 13.1. The van der Waals surface area contributed by atoms with Gasteiger partial charge in [0.15, 0.2) is 5.16 Å². The Morgan fingerprint density at radius 2 is 2.11 bits per heavy atom. The number of imidazole rings is 1. The van der Waals surface area contributed by atoms with Crippen molar-refractivity contribution in [3.8, 4) is 0 Å². The first-order valence-electron chi connectivity index (χ1n) is 6.03. The molecule has 6 heteroatoms. The molecule has 3 rings (SSSR count). The first-order chi connectivity index (χ1) is 9.35. The predicted octanol–water partition coefficient (Wildman–Crippen LogP) is 2.94. The molecule has 2 aromatic heterocycles. The van der Waals surface area contributed by atoms with Gasteiger partial charge in [-0.15, -0.1) is 0 Å². The Kier molecular flexibility index (Phi) is 3.33. The van der Waals surface area contributed by atoms with Gasteiger partial charge in [-0.1, -0.05) is 12.1 Å². The van der Waals surface area contributed by atoms with E-state index in [-0.39, 0.29) is 0 Å². The highest BCUT2D eigenvalue weighted by Gasteiger charge is 2.06. The fraction of sp³-hybridized carbons (Fsp3) is 0.154. The van der Waals surface area contributed by atoms with Crippen molar-refractivity contribution in [1.82, 2.24) is 19.9 Å². The second-order valence-electron chi connectivity index (χ2n) is 3.93. The molecule has 0 radical (unpaired) electrons. The lowest BCUT2D eigenvalue weighted by molar-refractivity contribution is 1.01. The molecule has 0 aliphatic rings. The van der Waals surface area contributed by atoms with Crippen molar-refractivity contribution in [1.29, 1.82) is 0 Å². The summed E-state index contributed by atoms with van der Waals surface area (Å²) < 4.78 is 0. The van der Waals surface area contributed by atoms with Crippen LogP contribution in [-0.4, -0.2) is 26.5 Å². The number of anilines is 1. The van der Waals surface area contributed by atoms with Gasteiger partial charge in [-0.25, -0.2) is 9.97 Å². The van der Waals surface area contributed by atoms with Crippen LogP contribution in [0.25, 0.3) is 11.0 Å². The number of hydrogen-bond donors (Lipinski definition) is 2. The predicted molar refractivity (Wildman–Crippen MR) is 76.4 cm³/mol. The number of nitrogens with one attached hydrogen (secondary N) is 2. The van der Waals surface area contributed by atoms with Crippen molar-refractivity contribution >= 4 is 28.6 Å². The van der Waals surface area contributed by atoms with Gasteiger partial charge >= 0.3 is 0 Å². The quantitative estimate of drug-likeness (QED) is 0.763. The second-order valence-corrected chi connectivity index (χ2v) is 4.94. The van der Waals surface area contributed by atoms with E-state index in [4.69, 9.17) is 0 Å². The number of H-pyrrole nitrogens is 1. The van der Waals surface area contributed by atoms with E-state index in [0.717, 1.165) is 33.6 Å². The molecule has 0 spiro atoms. The van der Waals surface area contributed by atoms with E-state index in [0.29, 0.717) is 0 Å². The van der Waals surface area contributed by atoms with E-state index >= 15 is 0 Å². The number of fused-ring (bicyclic) bond motifs is 1. The molecule has 96 valence electrons. The number of rotatable bonds is 4. The van der Waals surface area contributed by atoms with Crippen LogP contribution in [-0.2, 0) is 0 Å². The Morgan fingerprint density at radius 3 is 2.95 bits per heavy atom. The molecule has 0 amide bonds. The summed E-state index contributed by atoms with van der Waals surface area (Å²) in [6.45, 7) is 2.86. The maximum atomic E-state index is 4.50. The molecule has 1 aromatic carbocycles. The van der Waals surface area contributed by atoms with Crippen LogP contribution in [0, 0.1) is 0 Å². The van der Waals surface area contributed by atoms with Gasteiger partial charge in [-0.05, 0) is 30.8 Å². The van der Waals surface area contributed by atoms with E-state index in [1.54, 1.807) is 12.4 Å². The fourth-order valence-corrected chi connectivity index (χ4v) is 2.50. The number of aromatic nitrogens is 4. The topological polar surface area (TPSA) is 66.5 Å². The smallest absolute Gasteiger partial charge is 0.172 e. The summed E-state index contributed by atoms with van der Waals surface area (Å²) in [5.41, 5.74) is 1.99. The van der Waals surface area contributed by atoms with Crippen molar-refractivity contribution < 1.29 is 0 Å². The molecule has 0 aliphatic carbocycles. The number of aromatic amines is 1. The summed E-state index contributed by atoms with van der Waals surface area (Å²) in [5, 5.41) is 4.78. The largest absolute Gasteiger partial charge is 0.369 e. The highest BCUT2D eigenvalue weighted by atomic mass is 32.2. The Morgan fingerprint density at radius 1 is 1.21 bits per heavy atom. The van der Waals surface area contributed by atoms with Crippen molar-refractivity contribution in [2.24, 2.45) is 0 Å². The van der Waals surface area contributed by atoms with Gasteiger partial charge in [0.1, 0.15) is 10.8 Å². The molecule has 0 unspecified atom stereocenters. The van der Waals surface area contributed by atoms with Crippen LogP contribution in [0.5, 0.6) is 0 Å². The summed E-state index contributed by atoms with van der Waals surface area (Å²) in [5.74, 6) is 0.781. The molecule has 19 heavy (non-hydrogen) atoms. The van der Waals surface area contributed by atoms with Crippen LogP contribution in [0.3, 0.4) is 0 Å². The molecule has 3 aromatic rings. The molecule has 0 saturated heterocycles. The molecular formula is C13H13N5S. The molecule has 0 bridgehead atoms. The first kappa shape index (κ1) is 12.0. The minimum atomic E-state index is 0.781. The third-order valence-electron chi connectivity index (χ3n) is 2.54. The second kappa shape index (κ2) is 5.27. The normalized spacial score (nSPS) is 10.8. The van der Waals surface area contributed by atoms with Gasteiger partial charge in [-0.2, -0.15) is 0 Å². The molecule has 0 fully saturated rings. The average molecular weight is 271 g/mol. The van der Waals surface area contributed by atoms with E-state index in [9.17, 15) is 0 Å². The van der Waals surface area contributed by atoms with Crippen molar-refractivity contribution in [3.63, 3.8) is 0 Å². The van der Waals surface area contributed by atoms with Crippen molar-refractivity contribution in [2.75, 3.05) is 11.9 Å². The summed E-state index contributed by atoms with van der Waals surface area (Å²) >= 11 is 1.47. The third kappa shape index (κ3) is 2.68. The summed E-state index contributed by atoms with van der Waals surface area (Å²) in [4.78, 5) is 16.4. The fourth-order valence-electron chi connectivity index (χ4n) is 1.74. The molecule has 0 saturated carbocycles. The molecule has 0 aliphatic heterocycles. The van der Waals surface area contributed by atoms with E-state index < -0.39 is 0 Å². The lowest BCUT2D eigenvalue weighted by atomic mass is 10.3. The highest BCUT2D eigenvalue weighted by molar-refractivity contribution is 7.99. The molecule has 5 nitrogen and oxygen atoms in total. The van der Waals surface area contributed by atoms with Crippen LogP contribution >= 0.6 is 11.8 Å². The number of para-hydroxylation sites is 2. The van der Waals surface area contributed by atoms with Crippen LogP contribution in [0.2, 0.25) is 0 Å². The van der Waals surface area contributed by atoms with Crippen molar-refractivity contribution in [3.05, 3.63) is 36.7 Å². The van der Waals surface area contributed by atoms with Gasteiger partial charge in [-0.3, -0.25) is 4.98 Å². The van der Waals surface area contributed by atoms with Crippen LogP contribution in [0.1, 0.15) is 6.92 Å². The third-order valence-corrected chi connectivity index (χ3v) is 3.33. The molecule has 0 atom stereocenters. The van der Waals surface area contributed by atoms with Gasteiger partial charge in [0.05, 0.1) is 23.4 Å². The lowest BCUT2D eigenvalue weighted by Gasteiger charge is -2.02. The Bertz CT molecular complexity index is 661.